The highest BCUT2D eigenvalue weighted by atomic mass is 16.4. The number of nitrogens with one attached hydrogen (secondary N) is 1. The Labute approximate surface area is 163 Å². The lowest BCUT2D eigenvalue weighted by atomic mass is 10.0. The van der Waals surface area contributed by atoms with Crippen LogP contribution in [-0.2, 0) is 4.79 Å². The highest BCUT2D eigenvalue weighted by molar-refractivity contribution is 5.66. The molecule has 0 aromatic heterocycles. The van der Waals surface area contributed by atoms with Gasteiger partial charge in [-0.25, -0.2) is 0 Å². The third kappa shape index (κ3) is 31.2. The Bertz CT molecular complexity index is 257. The molecule has 0 aromatic carbocycles. The van der Waals surface area contributed by atoms with Gasteiger partial charge in [0.2, 0.25) is 0 Å². The summed E-state index contributed by atoms with van der Waals surface area (Å²) in [6.07, 6.45) is 22.5. The summed E-state index contributed by atoms with van der Waals surface area (Å²) in [6, 6.07) is 0. The van der Waals surface area contributed by atoms with Crippen LogP contribution in [0.1, 0.15) is 129 Å². The van der Waals surface area contributed by atoms with Crippen LogP contribution in [0.5, 0.6) is 0 Å². The molecule has 0 radical (unpaired) electrons. The topological polar surface area (TPSA) is 75.3 Å². The Balaban J connectivity index is 0. The molecule has 0 amide bonds. The molecule has 158 valence electrons. The highest BCUT2D eigenvalue weighted by Gasteiger charge is 1.96. The van der Waals surface area contributed by atoms with Gasteiger partial charge >= 0.3 is 5.97 Å². The van der Waals surface area contributed by atoms with Crippen LogP contribution in [0.2, 0.25) is 0 Å². The van der Waals surface area contributed by atoms with Crippen molar-refractivity contribution in [1.82, 2.24) is 5.43 Å². The molecule has 4 N–H and O–H groups in total. The van der Waals surface area contributed by atoms with Gasteiger partial charge in [-0.05, 0) is 12.8 Å². The maximum absolute atomic E-state index is 10.3. The van der Waals surface area contributed by atoms with Crippen molar-refractivity contribution in [1.29, 1.82) is 0 Å². The monoisotopic (exact) mass is 372 g/mol. The summed E-state index contributed by atoms with van der Waals surface area (Å²) in [5, 5.41) is 8.50. The molecule has 26 heavy (non-hydrogen) atoms. The number of hydrazine groups is 1. The molecular formula is C22H48N2O2. The van der Waals surface area contributed by atoms with E-state index in [4.69, 9.17) is 10.9 Å². The van der Waals surface area contributed by atoms with Crippen LogP contribution in [-0.4, -0.2) is 17.6 Å². The van der Waals surface area contributed by atoms with Crippen LogP contribution in [0.15, 0.2) is 0 Å². The minimum atomic E-state index is -0.654. The Morgan fingerprint density at radius 3 is 1.35 bits per heavy atom. The lowest BCUT2D eigenvalue weighted by Gasteiger charge is -2.02. The predicted molar refractivity (Wildman–Crippen MR) is 114 cm³/mol. The van der Waals surface area contributed by atoms with Gasteiger partial charge in [0.1, 0.15) is 0 Å². The summed E-state index contributed by atoms with van der Waals surface area (Å²) in [6.45, 7) is 5.39. The van der Waals surface area contributed by atoms with Gasteiger partial charge in [0.25, 0.3) is 0 Å². The normalized spacial score (nSPS) is 10.4. The maximum atomic E-state index is 10.3. The molecule has 0 rings (SSSR count). The minimum Gasteiger partial charge on any atom is -0.481 e. The molecule has 4 nitrogen and oxygen atoms in total. The average molecular weight is 373 g/mol. The first-order valence-electron chi connectivity index (χ1n) is 11.3. The Kier molecular flexibility index (Phi) is 28.3. The van der Waals surface area contributed by atoms with Crippen LogP contribution in [0.4, 0.5) is 0 Å². The SMILES string of the molecule is CCCCCCCCCCCCCCCCC(=O)O.CCCCCNN. The lowest BCUT2D eigenvalue weighted by Crippen LogP contribution is -2.22. The van der Waals surface area contributed by atoms with Gasteiger partial charge in [-0.3, -0.25) is 16.1 Å². The molecule has 0 fully saturated rings. The van der Waals surface area contributed by atoms with Crippen LogP contribution < -0.4 is 11.3 Å². The summed E-state index contributed by atoms with van der Waals surface area (Å²) in [4.78, 5) is 10.3. The lowest BCUT2D eigenvalue weighted by molar-refractivity contribution is -0.137. The number of carboxylic acids is 1. The largest absolute Gasteiger partial charge is 0.481 e. The quantitative estimate of drug-likeness (QED) is 0.136. The number of rotatable bonds is 19. The van der Waals surface area contributed by atoms with Crippen molar-refractivity contribution >= 4 is 5.97 Å². The first-order valence-corrected chi connectivity index (χ1v) is 11.3. The van der Waals surface area contributed by atoms with Gasteiger partial charge in [-0.15, -0.1) is 0 Å². The smallest absolute Gasteiger partial charge is 0.303 e. The van der Waals surface area contributed by atoms with Crippen molar-refractivity contribution < 1.29 is 9.90 Å². The Hall–Kier alpha value is -0.610. The van der Waals surface area contributed by atoms with Crippen LogP contribution in [0.3, 0.4) is 0 Å². The molecule has 0 aliphatic heterocycles. The third-order valence-electron chi connectivity index (χ3n) is 4.67. The van der Waals surface area contributed by atoms with Crippen molar-refractivity contribution in [2.75, 3.05) is 6.54 Å². The fourth-order valence-electron chi connectivity index (χ4n) is 2.95. The molecule has 4 heteroatoms. The van der Waals surface area contributed by atoms with Gasteiger partial charge in [0, 0.05) is 13.0 Å². The van der Waals surface area contributed by atoms with Gasteiger partial charge in [0.15, 0.2) is 0 Å². The molecule has 0 aliphatic carbocycles. The molecule has 0 spiro atoms. The van der Waals surface area contributed by atoms with E-state index >= 15 is 0 Å². The van der Waals surface area contributed by atoms with E-state index in [9.17, 15) is 4.79 Å². The molecule has 0 bridgehead atoms. The number of carbonyl (C=O) groups is 1. The zero-order valence-electron chi connectivity index (χ0n) is 17.9. The van der Waals surface area contributed by atoms with Crippen LogP contribution in [0.25, 0.3) is 0 Å². The Morgan fingerprint density at radius 2 is 1.00 bits per heavy atom. The van der Waals surface area contributed by atoms with E-state index in [1.54, 1.807) is 0 Å². The van der Waals surface area contributed by atoms with E-state index < -0.39 is 5.97 Å². The van der Waals surface area contributed by atoms with E-state index in [2.05, 4.69) is 19.3 Å². The van der Waals surface area contributed by atoms with Crippen LogP contribution in [0, 0.1) is 0 Å². The van der Waals surface area contributed by atoms with Gasteiger partial charge in [0.05, 0.1) is 0 Å². The molecule has 0 aromatic rings. The third-order valence-corrected chi connectivity index (χ3v) is 4.67. The number of carboxylic acid groups (broad SMARTS) is 1. The number of hydrogen-bond donors (Lipinski definition) is 3. The van der Waals surface area contributed by atoms with E-state index in [1.807, 2.05) is 0 Å². The number of unbranched alkanes of at least 4 members (excludes halogenated alkanes) is 15. The van der Waals surface area contributed by atoms with Crippen molar-refractivity contribution in [3.05, 3.63) is 0 Å². The number of nitrogens with two attached hydrogens (primary N) is 1. The summed E-state index contributed by atoms with van der Waals surface area (Å²) >= 11 is 0. The molecule has 0 saturated carbocycles. The molecule has 0 heterocycles. The second kappa shape index (κ2) is 26.6. The maximum Gasteiger partial charge on any atom is 0.303 e. The summed E-state index contributed by atoms with van der Waals surface area (Å²) < 4.78 is 0. The molecule has 0 saturated heterocycles. The van der Waals surface area contributed by atoms with Crippen molar-refractivity contribution in [2.45, 2.75) is 129 Å². The second-order valence-electron chi connectivity index (χ2n) is 7.40. The van der Waals surface area contributed by atoms with Crippen molar-refractivity contribution in [3.63, 3.8) is 0 Å². The second-order valence-corrected chi connectivity index (χ2v) is 7.40. The van der Waals surface area contributed by atoms with E-state index in [1.165, 1.54) is 96.3 Å². The fourth-order valence-corrected chi connectivity index (χ4v) is 2.95. The van der Waals surface area contributed by atoms with E-state index in [0.717, 1.165) is 19.4 Å². The molecule has 0 unspecified atom stereocenters. The standard InChI is InChI=1S/C17H34O2.C5H14N2/c1-2-3-4-5-6-7-8-9-10-11-12-13-14-15-16-17(18)19;1-2-3-4-5-7-6/h2-16H2,1H3,(H,18,19);7H,2-6H2,1H3. The van der Waals surface area contributed by atoms with Gasteiger partial charge in [-0.1, -0.05) is 110 Å². The summed E-state index contributed by atoms with van der Waals surface area (Å²) in [5.41, 5.74) is 2.60. The van der Waals surface area contributed by atoms with Gasteiger partial charge in [-0.2, -0.15) is 0 Å². The molecule has 0 atom stereocenters. The van der Waals surface area contributed by atoms with Crippen LogP contribution >= 0.6 is 0 Å². The fraction of sp³-hybridized carbons (Fsp3) is 0.955. The molecular weight excluding hydrogens is 324 g/mol. The van der Waals surface area contributed by atoms with E-state index in [0.29, 0.717) is 6.42 Å². The Morgan fingerprint density at radius 1 is 0.654 bits per heavy atom. The predicted octanol–water partition coefficient (Wildman–Crippen LogP) is 6.58. The molecule has 0 aliphatic rings. The first kappa shape index (κ1) is 27.6. The zero-order chi connectivity index (χ0) is 19.7. The number of hydrogen-bond acceptors (Lipinski definition) is 3. The summed E-state index contributed by atoms with van der Waals surface area (Å²) in [5.74, 6) is 4.37. The first-order chi connectivity index (χ1) is 12.7. The van der Waals surface area contributed by atoms with Crippen molar-refractivity contribution in [2.24, 2.45) is 5.84 Å². The average Bonchev–Trinajstić information content (AvgIpc) is 2.63. The minimum absolute atomic E-state index is 0.345. The van der Waals surface area contributed by atoms with E-state index in [-0.39, 0.29) is 0 Å². The number of aliphatic carboxylic acids is 1. The highest BCUT2D eigenvalue weighted by Crippen LogP contribution is 2.13. The zero-order valence-corrected chi connectivity index (χ0v) is 17.9. The summed E-state index contributed by atoms with van der Waals surface area (Å²) in [7, 11) is 0. The van der Waals surface area contributed by atoms with Gasteiger partial charge < -0.3 is 5.11 Å². The van der Waals surface area contributed by atoms with Crippen molar-refractivity contribution in [3.8, 4) is 0 Å².